The molecule has 14 aromatic rings. The van der Waals surface area contributed by atoms with E-state index in [1.165, 1.54) is 69.8 Å². The van der Waals surface area contributed by atoms with E-state index in [0.29, 0.717) is 0 Å². The van der Waals surface area contributed by atoms with Crippen LogP contribution in [0.2, 0.25) is 0 Å². The molecular formula is C67H42N2OS. The second-order valence-corrected chi connectivity index (χ2v) is 19.8. The molecule has 3 aromatic heterocycles. The van der Waals surface area contributed by atoms with Crippen molar-refractivity contribution < 1.29 is 4.42 Å². The van der Waals surface area contributed by atoms with Crippen LogP contribution in [0, 0.1) is 0 Å². The first-order valence-corrected chi connectivity index (χ1v) is 25.1. The van der Waals surface area contributed by atoms with Crippen LogP contribution in [0.4, 0.5) is 17.1 Å². The Hall–Kier alpha value is -8.96. The van der Waals surface area contributed by atoms with E-state index >= 15 is 0 Å². The van der Waals surface area contributed by atoms with E-state index in [0.717, 1.165) is 61.3 Å². The molecule has 0 radical (unpaired) electrons. The van der Waals surface area contributed by atoms with Crippen molar-refractivity contribution in [3.63, 3.8) is 0 Å². The summed E-state index contributed by atoms with van der Waals surface area (Å²) in [5.74, 6) is 0. The van der Waals surface area contributed by atoms with Gasteiger partial charge in [-0.3, -0.25) is 0 Å². The van der Waals surface area contributed by atoms with Crippen molar-refractivity contribution in [3.05, 3.63) is 277 Å². The molecule has 3 nitrogen and oxygen atoms in total. The lowest BCUT2D eigenvalue weighted by Crippen LogP contribution is -2.28. The molecule has 0 amide bonds. The highest BCUT2D eigenvalue weighted by atomic mass is 32.1. The number of fused-ring (bicyclic) bond motifs is 12. The molecule has 71 heavy (non-hydrogen) atoms. The summed E-state index contributed by atoms with van der Waals surface area (Å²) >= 11 is 1.84. The zero-order valence-electron chi connectivity index (χ0n) is 38.5. The first-order chi connectivity index (χ1) is 35.2. The smallest absolute Gasteiger partial charge is 0.159 e. The highest BCUT2D eigenvalue weighted by Gasteiger charge is 2.46. The van der Waals surface area contributed by atoms with Gasteiger partial charge in [0.2, 0.25) is 0 Å². The third-order valence-electron chi connectivity index (χ3n) is 15.0. The highest BCUT2D eigenvalue weighted by molar-refractivity contribution is 7.25. The Morgan fingerprint density at radius 3 is 1.83 bits per heavy atom. The summed E-state index contributed by atoms with van der Waals surface area (Å²) in [6.45, 7) is 0. The molecule has 1 aliphatic carbocycles. The number of benzene rings is 11. The van der Waals surface area contributed by atoms with E-state index in [1.807, 2.05) is 11.3 Å². The minimum atomic E-state index is -0.499. The molecule has 15 rings (SSSR count). The Morgan fingerprint density at radius 2 is 1.01 bits per heavy atom. The predicted octanol–water partition coefficient (Wildman–Crippen LogP) is 18.6. The van der Waals surface area contributed by atoms with E-state index in [4.69, 9.17) is 4.42 Å². The van der Waals surface area contributed by atoms with Gasteiger partial charge in [-0.05, 0) is 123 Å². The van der Waals surface area contributed by atoms with E-state index in [-0.39, 0.29) is 0 Å². The van der Waals surface area contributed by atoms with Crippen molar-refractivity contribution >= 4 is 92.3 Å². The molecule has 0 bridgehead atoms. The molecule has 0 saturated carbocycles. The Bertz CT molecular complexity index is 4370. The number of aromatic nitrogens is 1. The fourth-order valence-corrected chi connectivity index (χ4v) is 13.1. The van der Waals surface area contributed by atoms with Gasteiger partial charge in [-0.1, -0.05) is 176 Å². The largest absolute Gasteiger partial charge is 0.454 e. The Labute approximate surface area is 414 Å². The average Bonchev–Trinajstić information content (AvgIpc) is 4.18. The summed E-state index contributed by atoms with van der Waals surface area (Å²) in [7, 11) is 0. The lowest BCUT2D eigenvalue weighted by molar-refractivity contribution is 0.669. The Kier molecular flexibility index (Phi) is 8.74. The zero-order valence-corrected chi connectivity index (χ0v) is 39.3. The van der Waals surface area contributed by atoms with Gasteiger partial charge in [-0.2, -0.15) is 0 Å². The third kappa shape index (κ3) is 5.89. The number of anilines is 3. The summed E-state index contributed by atoms with van der Waals surface area (Å²) < 4.78 is 11.9. The van der Waals surface area contributed by atoms with E-state index < -0.39 is 5.41 Å². The molecule has 0 N–H and O–H groups in total. The standard InChI is InChI=1S/C67H42N2OS/c1-4-18-45(19-5-1)67(46-20-6-2-7-21-46)58-28-14-10-24-50(58)51-35-33-48(41-59(51)67)69-60-29-15-11-25-52(60)56-38-43(32-37-61(56)69)44-39-57-53-26-12-16-30-63(53)70-66(57)62(40-44)68(47-22-8-3-9-23-47)49-34-36-55-54-27-13-17-31-64(54)71-65(55)42-49/h1-42H. The fraction of sp³-hybridized carbons (Fsp3) is 0.0149. The molecule has 0 spiro atoms. The number of hydrogen-bond donors (Lipinski definition) is 0. The molecule has 3 heterocycles. The van der Waals surface area contributed by atoms with Crippen LogP contribution in [0.3, 0.4) is 0 Å². The zero-order chi connectivity index (χ0) is 46.6. The summed E-state index contributed by atoms with van der Waals surface area (Å²) in [5, 5.41) is 7.15. The van der Waals surface area contributed by atoms with Gasteiger partial charge in [0, 0.05) is 58.8 Å². The Balaban J connectivity index is 0.942. The van der Waals surface area contributed by atoms with E-state index in [9.17, 15) is 0 Å². The van der Waals surface area contributed by atoms with Crippen LogP contribution in [0.1, 0.15) is 22.3 Å². The van der Waals surface area contributed by atoms with Crippen molar-refractivity contribution in [2.75, 3.05) is 4.90 Å². The number of nitrogens with zero attached hydrogens (tertiary/aromatic N) is 2. The maximum atomic E-state index is 6.90. The summed E-state index contributed by atoms with van der Waals surface area (Å²) in [5.41, 5.74) is 17.7. The molecule has 4 heteroatoms. The van der Waals surface area contributed by atoms with Gasteiger partial charge in [-0.15, -0.1) is 11.3 Å². The van der Waals surface area contributed by atoms with Crippen LogP contribution in [0.5, 0.6) is 0 Å². The predicted molar refractivity (Wildman–Crippen MR) is 298 cm³/mol. The highest BCUT2D eigenvalue weighted by Crippen LogP contribution is 2.57. The first kappa shape index (κ1) is 40.0. The van der Waals surface area contributed by atoms with Crippen molar-refractivity contribution in [2.45, 2.75) is 5.41 Å². The molecule has 11 aromatic carbocycles. The minimum Gasteiger partial charge on any atom is -0.454 e. The maximum absolute atomic E-state index is 6.90. The number of para-hydroxylation sites is 3. The summed E-state index contributed by atoms with van der Waals surface area (Å²) in [4.78, 5) is 2.37. The lowest BCUT2D eigenvalue weighted by Gasteiger charge is -2.34. The van der Waals surface area contributed by atoms with Crippen LogP contribution in [0.25, 0.3) is 91.9 Å². The normalized spacial score (nSPS) is 12.9. The van der Waals surface area contributed by atoms with Crippen LogP contribution in [-0.2, 0) is 5.41 Å². The van der Waals surface area contributed by atoms with Gasteiger partial charge in [-0.25, -0.2) is 0 Å². The number of furan rings is 1. The van der Waals surface area contributed by atoms with Gasteiger partial charge < -0.3 is 13.9 Å². The van der Waals surface area contributed by atoms with Crippen molar-refractivity contribution in [2.24, 2.45) is 0 Å². The van der Waals surface area contributed by atoms with Gasteiger partial charge >= 0.3 is 0 Å². The van der Waals surface area contributed by atoms with Crippen LogP contribution < -0.4 is 4.90 Å². The minimum absolute atomic E-state index is 0.499. The molecule has 0 fully saturated rings. The summed E-state index contributed by atoms with van der Waals surface area (Å²) in [6.07, 6.45) is 0. The van der Waals surface area contributed by atoms with Crippen LogP contribution >= 0.6 is 11.3 Å². The second kappa shape index (κ2) is 15.5. The number of hydrogen-bond acceptors (Lipinski definition) is 3. The maximum Gasteiger partial charge on any atom is 0.159 e. The van der Waals surface area contributed by atoms with Crippen molar-refractivity contribution in [3.8, 4) is 27.9 Å². The second-order valence-electron chi connectivity index (χ2n) is 18.8. The van der Waals surface area contributed by atoms with Gasteiger partial charge in [0.05, 0.1) is 22.1 Å². The first-order valence-electron chi connectivity index (χ1n) is 24.3. The van der Waals surface area contributed by atoms with E-state index in [2.05, 4.69) is 264 Å². The van der Waals surface area contributed by atoms with E-state index in [1.54, 1.807) is 0 Å². The van der Waals surface area contributed by atoms with Crippen molar-refractivity contribution in [1.82, 2.24) is 4.57 Å². The molecular weight excluding hydrogens is 881 g/mol. The molecule has 0 unspecified atom stereocenters. The van der Waals surface area contributed by atoms with Gasteiger partial charge in [0.25, 0.3) is 0 Å². The third-order valence-corrected chi connectivity index (χ3v) is 16.2. The summed E-state index contributed by atoms with van der Waals surface area (Å²) in [6, 6.07) is 93.6. The molecule has 1 aliphatic rings. The quantitative estimate of drug-likeness (QED) is 0.159. The molecule has 0 aliphatic heterocycles. The molecule has 332 valence electrons. The monoisotopic (exact) mass is 922 g/mol. The lowest BCUT2D eigenvalue weighted by atomic mass is 9.67. The molecule has 0 saturated heterocycles. The van der Waals surface area contributed by atoms with Crippen LogP contribution in [-0.4, -0.2) is 4.57 Å². The average molecular weight is 923 g/mol. The molecule has 0 atom stereocenters. The van der Waals surface area contributed by atoms with Crippen molar-refractivity contribution in [1.29, 1.82) is 0 Å². The van der Waals surface area contributed by atoms with Gasteiger partial charge in [0.15, 0.2) is 5.58 Å². The van der Waals surface area contributed by atoms with Gasteiger partial charge in [0.1, 0.15) is 5.58 Å². The Morgan fingerprint density at radius 1 is 0.380 bits per heavy atom. The SMILES string of the molecule is c1ccc(N(c2ccc3c(c2)sc2ccccc23)c2cc(-c3ccc4c(c3)c3ccccc3n4-c3ccc4c(c3)C(c3ccccc3)(c3ccccc3)c3ccccc3-4)cc3c2oc2ccccc23)cc1. The topological polar surface area (TPSA) is 21.3 Å². The number of rotatable bonds is 7. The number of thiophene rings is 1. The van der Waals surface area contributed by atoms with Crippen LogP contribution in [0.15, 0.2) is 259 Å². The fourth-order valence-electron chi connectivity index (χ4n) is 12.0.